The number of aromatic nitrogens is 1. The molecule has 0 fully saturated rings. The lowest BCUT2D eigenvalue weighted by Crippen LogP contribution is -2.01. The molecule has 14 heavy (non-hydrogen) atoms. The summed E-state index contributed by atoms with van der Waals surface area (Å²) in [4.78, 5) is 15.1. The minimum Gasteiger partial charge on any atom is -0.453 e. The van der Waals surface area contributed by atoms with E-state index in [1.54, 1.807) is 12.4 Å². The van der Waals surface area contributed by atoms with Crippen LogP contribution in [0.25, 0.3) is 0 Å². The Morgan fingerprint density at radius 1 is 1.64 bits per heavy atom. The number of carbonyl (C=O) groups excluding carboxylic acids is 1. The maximum absolute atomic E-state index is 11.1. The van der Waals surface area contributed by atoms with Gasteiger partial charge in [0, 0.05) is 23.2 Å². The number of hydrogen-bond donors (Lipinski definition) is 0. The smallest absolute Gasteiger partial charge is 0.367 e. The minimum atomic E-state index is -0.233. The van der Waals surface area contributed by atoms with Gasteiger partial charge in [0.2, 0.25) is 0 Å². The summed E-state index contributed by atoms with van der Waals surface area (Å²) < 4.78 is 5.02. The maximum atomic E-state index is 11.1. The molecule has 0 unspecified atom stereocenters. The van der Waals surface area contributed by atoms with Gasteiger partial charge in [-0.15, -0.1) is 0 Å². The van der Waals surface area contributed by atoms with Gasteiger partial charge in [-0.3, -0.25) is 4.98 Å². The molecule has 0 saturated heterocycles. The molecule has 0 atom stereocenters. The number of pyridine rings is 1. The molecule has 0 bridgehead atoms. The first kappa shape index (κ1) is 11.0. The van der Waals surface area contributed by atoms with E-state index < -0.39 is 0 Å². The summed E-state index contributed by atoms with van der Waals surface area (Å²) in [6.07, 6.45) is 3.38. The Balaban J connectivity index is 2.31. The number of nitrogens with zero attached hydrogens (tertiary/aromatic N) is 1. The topological polar surface area (TPSA) is 39.2 Å². The summed E-state index contributed by atoms with van der Waals surface area (Å²) in [5.41, 5.74) is 0.908. The minimum absolute atomic E-state index is 0.233. The third kappa shape index (κ3) is 4.28. The highest BCUT2D eigenvalue weighted by molar-refractivity contribution is 8.13. The summed E-state index contributed by atoms with van der Waals surface area (Å²) in [5.74, 6) is 0. The first-order valence-electron chi connectivity index (χ1n) is 4.41. The van der Waals surface area contributed by atoms with Gasteiger partial charge in [-0.05, 0) is 17.8 Å². The SMILES string of the molecule is CC(C)SC(=O)OCc1cccnc1. The summed E-state index contributed by atoms with van der Waals surface area (Å²) in [6, 6.07) is 3.69. The Hall–Kier alpha value is -1.03. The molecule has 76 valence electrons. The van der Waals surface area contributed by atoms with Crippen molar-refractivity contribution in [3.8, 4) is 0 Å². The second-order valence-corrected chi connectivity index (χ2v) is 4.58. The molecule has 4 heteroatoms. The first-order valence-corrected chi connectivity index (χ1v) is 5.29. The fourth-order valence-corrected chi connectivity index (χ4v) is 1.36. The second kappa shape index (κ2) is 5.65. The van der Waals surface area contributed by atoms with Crippen molar-refractivity contribution in [1.29, 1.82) is 0 Å². The second-order valence-electron chi connectivity index (χ2n) is 3.07. The Morgan fingerprint density at radius 3 is 3.00 bits per heavy atom. The van der Waals surface area contributed by atoms with Gasteiger partial charge < -0.3 is 4.74 Å². The Bertz CT molecular complexity index is 287. The van der Waals surface area contributed by atoms with E-state index in [0.717, 1.165) is 5.56 Å². The van der Waals surface area contributed by atoms with Crippen LogP contribution in [0.4, 0.5) is 4.79 Å². The normalized spacial score (nSPS) is 10.2. The Morgan fingerprint density at radius 2 is 2.43 bits per heavy atom. The van der Waals surface area contributed by atoms with Crippen molar-refractivity contribution in [2.75, 3.05) is 0 Å². The Labute approximate surface area is 87.9 Å². The van der Waals surface area contributed by atoms with E-state index in [1.807, 2.05) is 26.0 Å². The van der Waals surface area contributed by atoms with Crippen LogP contribution in [-0.2, 0) is 11.3 Å². The molecule has 0 aliphatic heterocycles. The van der Waals surface area contributed by atoms with Crippen molar-refractivity contribution in [3.63, 3.8) is 0 Å². The number of rotatable bonds is 3. The average molecular weight is 211 g/mol. The number of thioether (sulfide) groups is 1. The van der Waals surface area contributed by atoms with Crippen LogP contribution < -0.4 is 0 Å². The van der Waals surface area contributed by atoms with Crippen LogP contribution in [0.1, 0.15) is 19.4 Å². The zero-order valence-electron chi connectivity index (χ0n) is 8.27. The first-order chi connectivity index (χ1) is 6.68. The maximum Gasteiger partial charge on any atom is 0.367 e. The van der Waals surface area contributed by atoms with Crippen molar-refractivity contribution >= 4 is 17.1 Å². The van der Waals surface area contributed by atoms with E-state index in [4.69, 9.17) is 4.74 Å². The third-order valence-electron chi connectivity index (χ3n) is 1.41. The molecular formula is C10H13NO2S. The molecule has 0 saturated carbocycles. The van der Waals surface area contributed by atoms with Crippen molar-refractivity contribution in [1.82, 2.24) is 4.98 Å². The lowest BCUT2D eigenvalue weighted by atomic mass is 10.3. The van der Waals surface area contributed by atoms with E-state index in [2.05, 4.69) is 4.98 Å². The highest BCUT2D eigenvalue weighted by Crippen LogP contribution is 2.13. The van der Waals surface area contributed by atoms with E-state index in [1.165, 1.54) is 11.8 Å². The van der Waals surface area contributed by atoms with Crippen molar-refractivity contribution in [3.05, 3.63) is 30.1 Å². The predicted molar refractivity (Wildman–Crippen MR) is 57.1 cm³/mol. The fraction of sp³-hybridized carbons (Fsp3) is 0.400. The molecule has 0 N–H and O–H groups in total. The standard InChI is InChI=1S/C10H13NO2S/c1-8(2)14-10(12)13-7-9-4-3-5-11-6-9/h3-6,8H,7H2,1-2H3. The molecular weight excluding hydrogens is 198 g/mol. The molecule has 0 aliphatic carbocycles. The molecule has 0 radical (unpaired) electrons. The van der Waals surface area contributed by atoms with Crippen LogP contribution >= 0.6 is 11.8 Å². The quantitative estimate of drug-likeness (QED) is 0.721. The summed E-state index contributed by atoms with van der Waals surface area (Å²) in [7, 11) is 0. The van der Waals surface area contributed by atoms with Crippen LogP contribution in [0.2, 0.25) is 0 Å². The van der Waals surface area contributed by atoms with Crippen LogP contribution in [0.3, 0.4) is 0 Å². The fourth-order valence-electron chi connectivity index (χ4n) is 0.852. The molecule has 1 aromatic heterocycles. The zero-order valence-corrected chi connectivity index (χ0v) is 9.08. The lowest BCUT2D eigenvalue weighted by Gasteiger charge is -2.05. The molecule has 0 spiro atoms. The molecule has 0 amide bonds. The average Bonchev–Trinajstić information content (AvgIpc) is 2.15. The van der Waals surface area contributed by atoms with Gasteiger partial charge in [-0.25, -0.2) is 4.79 Å². The highest BCUT2D eigenvalue weighted by atomic mass is 32.2. The van der Waals surface area contributed by atoms with Gasteiger partial charge in [0.15, 0.2) is 0 Å². The molecule has 0 aliphatic rings. The molecule has 1 heterocycles. The number of carbonyl (C=O) groups is 1. The summed E-state index contributed by atoms with van der Waals surface area (Å²) in [6.45, 7) is 4.21. The van der Waals surface area contributed by atoms with E-state index in [0.29, 0.717) is 6.61 Å². The van der Waals surface area contributed by atoms with Crippen LogP contribution in [0.15, 0.2) is 24.5 Å². The van der Waals surface area contributed by atoms with Gasteiger partial charge in [-0.2, -0.15) is 0 Å². The van der Waals surface area contributed by atoms with Gasteiger partial charge in [-0.1, -0.05) is 19.9 Å². The summed E-state index contributed by atoms with van der Waals surface area (Å²) in [5, 5.41) is 0.0280. The summed E-state index contributed by atoms with van der Waals surface area (Å²) >= 11 is 1.19. The number of hydrogen-bond acceptors (Lipinski definition) is 4. The third-order valence-corrected chi connectivity index (χ3v) is 2.19. The van der Waals surface area contributed by atoms with Gasteiger partial charge in [0.25, 0.3) is 0 Å². The largest absolute Gasteiger partial charge is 0.453 e. The van der Waals surface area contributed by atoms with E-state index in [9.17, 15) is 4.79 Å². The zero-order chi connectivity index (χ0) is 10.4. The van der Waals surface area contributed by atoms with Crippen LogP contribution in [0, 0.1) is 0 Å². The molecule has 1 rings (SSSR count). The molecule has 1 aromatic rings. The van der Waals surface area contributed by atoms with Crippen LogP contribution in [0.5, 0.6) is 0 Å². The monoisotopic (exact) mass is 211 g/mol. The molecule has 3 nitrogen and oxygen atoms in total. The van der Waals surface area contributed by atoms with Gasteiger partial charge >= 0.3 is 5.30 Å². The number of ether oxygens (including phenoxy) is 1. The Kier molecular flexibility index (Phi) is 4.46. The predicted octanol–water partition coefficient (Wildman–Crippen LogP) is 2.86. The van der Waals surface area contributed by atoms with Gasteiger partial charge in [0.1, 0.15) is 6.61 Å². The van der Waals surface area contributed by atoms with Crippen LogP contribution in [-0.4, -0.2) is 15.5 Å². The van der Waals surface area contributed by atoms with E-state index in [-0.39, 0.29) is 10.6 Å². The lowest BCUT2D eigenvalue weighted by molar-refractivity contribution is 0.168. The van der Waals surface area contributed by atoms with Crippen molar-refractivity contribution in [2.45, 2.75) is 25.7 Å². The van der Waals surface area contributed by atoms with E-state index >= 15 is 0 Å². The molecule has 0 aromatic carbocycles. The highest BCUT2D eigenvalue weighted by Gasteiger charge is 2.06. The van der Waals surface area contributed by atoms with Crippen molar-refractivity contribution < 1.29 is 9.53 Å². The van der Waals surface area contributed by atoms with Gasteiger partial charge in [0.05, 0.1) is 0 Å². The van der Waals surface area contributed by atoms with Crippen molar-refractivity contribution in [2.24, 2.45) is 0 Å².